The lowest BCUT2D eigenvalue weighted by Gasteiger charge is -2.22. The van der Waals surface area contributed by atoms with Crippen molar-refractivity contribution in [1.82, 2.24) is 4.72 Å². The van der Waals surface area contributed by atoms with Crippen molar-refractivity contribution in [3.63, 3.8) is 0 Å². The average molecular weight is 302 g/mol. The number of nitrogens with one attached hydrogen (secondary N) is 1. The fourth-order valence-electron chi connectivity index (χ4n) is 1.55. The molecule has 1 aromatic carbocycles. The van der Waals surface area contributed by atoms with Crippen LogP contribution in [0.4, 0.5) is 5.69 Å². The highest BCUT2D eigenvalue weighted by molar-refractivity contribution is 8.00. The van der Waals surface area contributed by atoms with Gasteiger partial charge in [-0.1, -0.05) is 0 Å². The van der Waals surface area contributed by atoms with Gasteiger partial charge in [-0.15, -0.1) is 0 Å². The van der Waals surface area contributed by atoms with Crippen LogP contribution >= 0.6 is 11.8 Å². The van der Waals surface area contributed by atoms with Gasteiger partial charge in [-0.2, -0.15) is 11.8 Å². The predicted octanol–water partition coefficient (Wildman–Crippen LogP) is 2.31. The number of thioether (sulfide) groups is 1. The minimum absolute atomic E-state index is 0.143. The molecule has 19 heavy (non-hydrogen) atoms. The lowest BCUT2D eigenvalue weighted by Crippen LogP contribution is -2.36. The number of rotatable bonds is 5. The standard InChI is InChI=1S/C13H22N2O2S2/c1-9-6-11(14)10(2)12(7-9)19(16,17)15-8-13(3,4)18-5/h6-7,15H,8,14H2,1-5H3. The highest BCUT2D eigenvalue weighted by Gasteiger charge is 2.23. The topological polar surface area (TPSA) is 72.2 Å². The molecule has 0 unspecified atom stereocenters. The molecule has 4 nitrogen and oxygen atoms in total. The summed E-state index contributed by atoms with van der Waals surface area (Å²) in [6, 6.07) is 3.43. The zero-order valence-electron chi connectivity index (χ0n) is 12.1. The molecule has 0 aliphatic carbocycles. The molecule has 0 radical (unpaired) electrons. The minimum Gasteiger partial charge on any atom is -0.398 e. The summed E-state index contributed by atoms with van der Waals surface area (Å²) < 4.78 is 27.2. The first-order valence-electron chi connectivity index (χ1n) is 6.00. The van der Waals surface area contributed by atoms with Crippen molar-refractivity contribution in [1.29, 1.82) is 0 Å². The third-order valence-corrected chi connectivity index (χ3v) is 5.85. The molecule has 0 fully saturated rings. The molecule has 0 aliphatic heterocycles. The molecule has 0 spiro atoms. The zero-order valence-corrected chi connectivity index (χ0v) is 13.7. The van der Waals surface area contributed by atoms with Gasteiger partial charge in [-0.05, 0) is 57.2 Å². The summed E-state index contributed by atoms with van der Waals surface area (Å²) >= 11 is 1.62. The van der Waals surface area contributed by atoms with Gasteiger partial charge in [0.2, 0.25) is 10.0 Å². The van der Waals surface area contributed by atoms with Crippen LogP contribution in [0, 0.1) is 13.8 Å². The number of benzene rings is 1. The molecule has 0 aromatic heterocycles. The van der Waals surface area contributed by atoms with E-state index in [4.69, 9.17) is 5.73 Å². The Labute approximate surface area is 120 Å². The van der Waals surface area contributed by atoms with E-state index >= 15 is 0 Å². The fourth-order valence-corrected chi connectivity index (χ4v) is 3.43. The van der Waals surface area contributed by atoms with E-state index in [9.17, 15) is 8.42 Å². The highest BCUT2D eigenvalue weighted by Crippen LogP contribution is 2.24. The third kappa shape index (κ3) is 4.12. The summed E-state index contributed by atoms with van der Waals surface area (Å²) in [6.45, 7) is 7.93. The Bertz CT molecular complexity index is 566. The SMILES string of the molecule is CSC(C)(C)CNS(=O)(=O)c1cc(C)cc(N)c1C. The van der Waals surface area contributed by atoms with Gasteiger partial charge in [0.05, 0.1) is 4.90 Å². The second kappa shape index (κ2) is 5.73. The molecular weight excluding hydrogens is 280 g/mol. The molecular formula is C13H22N2O2S2. The van der Waals surface area contributed by atoms with Crippen LogP contribution in [0.3, 0.4) is 0 Å². The largest absolute Gasteiger partial charge is 0.398 e. The summed E-state index contributed by atoms with van der Waals surface area (Å²) in [5.74, 6) is 0. The average Bonchev–Trinajstić information content (AvgIpc) is 2.31. The van der Waals surface area contributed by atoms with Crippen LogP contribution in [0.1, 0.15) is 25.0 Å². The second-order valence-corrected chi connectivity index (χ2v) is 8.51. The smallest absolute Gasteiger partial charge is 0.240 e. The second-order valence-electron chi connectivity index (χ2n) is 5.27. The van der Waals surface area contributed by atoms with E-state index in [1.807, 2.05) is 27.0 Å². The summed E-state index contributed by atoms with van der Waals surface area (Å²) in [5.41, 5.74) is 7.77. The Balaban J connectivity index is 3.08. The van der Waals surface area contributed by atoms with Crippen molar-refractivity contribution in [3.8, 4) is 0 Å². The van der Waals surface area contributed by atoms with Gasteiger partial charge in [0.15, 0.2) is 0 Å². The molecule has 6 heteroatoms. The van der Waals surface area contributed by atoms with Crippen LogP contribution < -0.4 is 10.5 Å². The minimum atomic E-state index is -3.52. The Morgan fingerprint density at radius 3 is 2.42 bits per heavy atom. The van der Waals surface area contributed by atoms with Crippen molar-refractivity contribution in [2.75, 3.05) is 18.5 Å². The zero-order chi connectivity index (χ0) is 14.8. The maximum absolute atomic E-state index is 12.3. The molecule has 1 rings (SSSR count). The first-order valence-corrected chi connectivity index (χ1v) is 8.71. The van der Waals surface area contributed by atoms with E-state index < -0.39 is 10.0 Å². The van der Waals surface area contributed by atoms with E-state index in [1.54, 1.807) is 30.8 Å². The van der Waals surface area contributed by atoms with Crippen molar-refractivity contribution in [3.05, 3.63) is 23.3 Å². The number of nitrogens with two attached hydrogens (primary N) is 1. The van der Waals surface area contributed by atoms with E-state index in [2.05, 4.69) is 4.72 Å². The van der Waals surface area contributed by atoms with Crippen molar-refractivity contribution in [2.24, 2.45) is 0 Å². The first kappa shape index (κ1) is 16.3. The molecule has 0 atom stereocenters. The number of aryl methyl sites for hydroxylation is 1. The van der Waals surface area contributed by atoms with E-state index in [1.165, 1.54) is 0 Å². The number of hydrogen-bond donors (Lipinski definition) is 2. The maximum Gasteiger partial charge on any atom is 0.240 e. The Hall–Kier alpha value is -0.720. The Morgan fingerprint density at radius 1 is 1.32 bits per heavy atom. The molecule has 0 heterocycles. The summed E-state index contributed by atoms with van der Waals surface area (Å²) in [7, 11) is -3.52. The van der Waals surface area contributed by atoms with Crippen molar-refractivity contribution < 1.29 is 8.42 Å². The monoisotopic (exact) mass is 302 g/mol. The number of hydrogen-bond acceptors (Lipinski definition) is 4. The van der Waals surface area contributed by atoms with Gasteiger partial charge in [0.25, 0.3) is 0 Å². The lowest BCUT2D eigenvalue weighted by atomic mass is 10.1. The van der Waals surface area contributed by atoms with Gasteiger partial charge in [0, 0.05) is 17.0 Å². The molecule has 0 saturated carbocycles. The lowest BCUT2D eigenvalue weighted by molar-refractivity contribution is 0.570. The van der Waals surface area contributed by atoms with E-state index in [0.717, 1.165) is 5.56 Å². The van der Waals surface area contributed by atoms with E-state index in [0.29, 0.717) is 17.8 Å². The van der Waals surface area contributed by atoms with Crippen LogP contribution in [0.25, 0.3) is 0 Å². The highest BCUT2D eigenvalue weighted by atomic mass is 32.2. The molecule has 3 N–H and O–H groups in total. The summed E-state index contributed by atoms with van der Waals surface area (Å²) in [4.78, 5) is 0.266. The molecule has 0 amide bonds. The summed E-state index contributed by atoms with van der Waals surface area (Å²) in [6.07, 6.45) is 1.96. The van der Waals surface area contributed by atoms with Crippen LogP contribution in [0.5, 0.6) is 0 Å². The van der Waals surface area contributed by atoms with Crippen molar-refractivity contribution >= 4 is 27.5 Å². The predicted molar refractivity (Wildman–Crippen MR) is 83.1 cm³/mol. The van der Waals surface area contributed by atoms with Crippen LogP contribution in [-0.4, -0.2) is 26.0 Å². The quantitative estimate of drug-likeness (QED) is 0.819. The normalized spacial score (nSPS) is 12.7. The number of nitrogen functional groups attached to an aromatic ring is 1. The van der Waals surface area contributed by atoms with E-state index in [-0.39, 0.29) is 9.64 Å². The van der Waals surface area contributed by atoms with Crippen LogP contribution in [-0.2, 0) is 10.0 Å². The van der Waals surface area contributed by atoms with Crippen LogP contribution in [0.15, 0.2) is 17.0 Å². The van der Waals surface area contributed by atoms with Gasteiger partial charge >= 0.3 is 0 Å². The molecule has 0 bridgehead atoms. The molecule has 108 valence electrons. The fraction of sp³-hybridized carbons (Fsp3) is 0.538. The Morgan fingerprint density at radius 2 is 1.89 bits per heavy atom. The van der Waals surface area contributed by atoms with Gasteiger partial charge in [0.1, 0.15) is 0 Å². The molecule has 0 aliphatic rings. The first-order chi connectivity index (χ1) is 8.59. The van der Waals surface area contributed by atoms with Crippen LogP contribution in [0.2, 0.25) is 0 Å². The number of sulfonamides is 1. The number of anilines is 1. The van der Waals surface area contributed by atoms with Gasteiger partial charge in [-0.3, -0.25) is 0 Å². The third-order valence-electron chi connectivity index (χ3n) is 3.07. The summed E-state index contributed by atoms with van der Waals surface area (Å²) in [5, 5.41) is 0. The van der Waals surface area contributed by atoms with Gasteiger partial charge in [-0.25, -0.2) is 13.1 Å². The van der Waals surface area contributed by atoms with Gasteiger partial charge < -0.3 is 5.73 Å². The molecule has 1 aromatic rings. The van der Waals surface area contributed by atoms with Crippen molar-refractivity contribution in [2.45, 2.75) is 37.3 Å². The Kier molecular flexibility index (Phi) is 4.92. The maximum atomic E-state index is 12.3. The molecule has 0 saturated heterocycles.